The number of nitro benzene ring substituents is 1. The second kappa shape index (κ2) is 10.2. The van der Waals surface area contributed by atoms with Crippen LogP contribution in [0.3, 0.4) is 0 Å². The standard InChI is InChI=1S/C24H22N2O6/c1-32-22-9-5-3-7-19(22)17-12-10-16(11-13-17)14-20(24(28)29)25-23(27)15-18-6-2-4-8-21(18)26(30)31/h2-13,20H,14-15H2,1H3,(H,25,27)(H,28,29)/t20-/m0/s1. The van der Waals surface area contributed by atoms with Crippen LogP contribution in [0, 0.1) is 10.1 Å². The van der Waals surface area contributed by atoms with Gasteiger partial charge >= 0.3 is 5.97 Å². The molecule has 1 amide bonds. The van der Waals surface area contributed by atoms with Crippen molar-refractivity contribution in [2.24, 2.45) is 0 Å². The van der Waals surface area contributed by atoms with E-state index in [9.17, 15) is 24.8 Å². The fraction of sp³-hybridized carbons (Fsp3) is 0.167. The van der Waals surface area contributed by atoms with Gasteiger partial charge in [-0.05, 0) is 17.2 Å². The molecule has 3 rings (SSSR count). The van der Waals surface area contributed by atoms with Crippen LogP contribution in [0.2, 0.25) is 0 Å². The molecule has 3 aromatic rings. The van der Waals surface area contributed by atoms with Crippen molar-refractivity contribution < 1.29 is 24.4 Å². The normalized spacial score (nSPS) is 11.4. The molecule has 0 aliphatic heterocycles. The zero-order chi connectivity index (χ0) is 23.1. The summed E-state index contributed by atoms with van der Waals surface area (Å²) in [6.45, 7) is 0. The zero-order valence-corrected chi connectivity index (χ0v) is 17.4. The summed E-state index contributed by atoms with van der Waals surface area (Å²) in [6.07, 6.45) is -0.210. The summed E-state index contributed by atoms with van der Waals surface area (Å²) in [4.78, 5) is 34.6. The molecule has 0 fully saturated rings. The van der Waals surface area contributed by atoms with Crippen LogP contribution in [-0.4, -0.2) is 35.1 Å². The van der Waals surface area contributed by atoms with E-state index in [0.29, 0.717) is 0 Å². The van der Waals surface area contributed by atoms with Crippen LogP contribution in [0.5, 0.6) is 5.75 Å². The van der Waals surface area contributed by atoms with Crippen molar-refractivity contribution in [3.8, 4) is 16.9 Å². The Labute approximate surface area is 184 Å². The highest BCUT2D eigenvalue weighted by Gasteiger charge is 2.22. The summed E-state index contributed by atoms with van der Waals surface area (Å²) >= 11 is 0. The molecule has 0 radical (unpaired) electrons. The quantitative estimate of drug-likeness (QED) is 0.392. The molecular weight excluding hydrogens is 412 g/mol. The van der Waals surface area contributed by atoms with Gasteiger partial charge in [-0.25, -0.2) is 4.79 Å². The van der Waals surface area contributed by atoms with Crippen LogP contribution in [0.15, 0.2) is 72.8 Å². The van der Waals surface area contributed by atoms with Crippen molar-refractivity contribution in [2.75, 3.05) is 7.11 Å². The number of hydrogen-bond acceptors (Lipinski definition) is 5. The van der Waals surface area contributed by atoms with Crippen molar-refractivity contribution in [2.45, 2.75) is 18.9 Å². The van der Waals surface area contributed by atoms with E-state index in [4.69, 9.17) is 4.74 Å². The largest absolute Gasteiger partial charge is 0.496 e. The molecule has 32 heavy (non-hydrogen) atoms. The Hall–Kier alpha value is -4.20. The van der Waals surface area contributed by atoms with Gasteiger partial charge in [0.05, 0.1) is 18.5 Å². The summed E-state index contributed by atoms with van der Waals surface area (Å²) in [6, 6.07) is 19.6. The minimum Gasteiger partial charge on any atom is -0.496 e. The number of carboxylic acids is 1. The van der Waals surface area contributed by atoms with E-state index in [-0.39, 0.29) is 24.1 Å². The average Bonchev–Trinajstić information content (AvgIpc) is 2.79. The lowest BCUT2D eigenvalue weighted by atomic mass is 10.00. The van der Waals surface area contributed by atoms with E-state index in [1.54, 1.807) is 25.3 Å². The molecule has 2 N–H and O–H groups in total. The van der Waals surface area contributed by atoms with Crippen molar-refractivity contribution in [1.82, 2.24) is 5.32 Å². The Balaban J connectivity index is 1.70. The molecular formula is C24H22N2O6. The number of aliphatic carboxylic acids is 1. The van der Waals surface area contributed by atoms with Gasteiger partial charge in [0.25, 0.3) is 5.69 Å². The number of hydrogen-bond donors (Lipinski definition) is 2. The molecule has 0 saturated heterocycles. The van der Waals surface area contributed by atoms with Gasteiger partial charge in [-0.1, -0.05) is 60.7 Å². The van der Waals surface area contributed by atoms with E-state index in [1.165, 1.54) is 18.2 Å². The second-order valence-corrected chi connectivity index (χ2v) is 7.12. The van der Waals surface area contributed by atoms with Crippen LogP contribution in [-0.2, 0) is 22.4 Å². The summed E-state index contributed by atoms with van der Waals surface area (Å²) in [5.41, 5.74) is 2.59. The van der Waals surface area contributed by atoms with Crippen molar-refractivity contribution in [1.29, 1.82) is 0 Å². The zero-order valence-electron chi connectivity index (χ0n) is 17.4. The number of carbonyl (C=O) groups excluding carboxylic acids is 1. The van der Waals surface area contributed by atoms with Gasteiger partial charge in [0.15, 0.2) is 0 Å². The smallest absolute Gasteiger partial charge is 0.326 e. The van der Waals surface area contributed by atoms with E-state index in [0.717, 1.165) is 22.4 Å². The summed E-state index contributed by atoms with van der Waals surface area (Å²) < 4.78 is 5.37. The van der Waals surface area contributed by atoms with Gasteiger partial charge in [-0.2, -0.15) is 0 Å². The predicted molar refractivity (Wildman–Crippen MR) is 119 cm³/mol. The lowest BCUT2D eigenvalue weighted by Crippen LogP contribution is -2.43. The highest BCUT2D eigenvalue weighted by molar-refractivity contribution is 5.85. The summed E-state index contributed by atoms with van der Waals surface area (Å²) in [5, 5.41) is 23.1. The van der Waals surface area contributed by atoms with E-state index in [2.05, 4.69) is 5.32 Å². The molecule has 0 aromatic heterocycles. The number of ether oxygens (including phenoxy) is 1. The first kappa shape index (κ1) is 22.5. The Morgan fingerprint density at radius 3 is 2.34 bits per heavy atom. The van der Waals surface area contributed by atoms with E-state index in [1.807, 2.05) is 36.4 Å². The number of para-hydroxylation sites is 2. The topological polar surface area (TPSA) is 119 Å². The first-order valence-electron chi connectivity index (χ1n) is 9.86. The van der Waals surface area contributed by atoms with Gasteiger partial charge in [0, 0.05) is 23.6 Å². The number of carboxylic acid groups (broad SMARTS) is 1. The fourth-order valence-electron chi connectivity index (χ4n) is 3.40. The summed E-state index contributed by atoms with van der Waals surface area (Å²) in [5.74, 6) is -1.06. The van der Waals surface area contributed by atoms with Crippen LogP contribution in [0.1, 0.15) is 11.1 Å². The lowest BCUT2D eigenvalue weighted by Gasteiger charge is -2.15. The Morgan fingerprint density at radius 2 is 1.69 bits per heavy atom. The SMILES string of the molecule is COc1ccccc1-c1ccc(C[C@H](NC(=O)Cc2ccccc2[N+](=O)[O-])C(=O)O)cc1. The number of nitro groups is 1. The molecule has 164 valence electrons. The molecule has 0 aliphatic carbocycles. The molecule has 0 aliphatic rings. The molecule has 0 unspecified atom stereocenters. The minimum absolute atomic E-state index is 0.0736. The molecule has 0 heterocycles. The lowest BCUT2D eigenvalue weighted by molar-refractivity contribution is -0.385. The number of nitrogens with zero attached hydrogens (tertiary/aromatic N) is 1. The second-order valence-electron chi connectivity index (χ2n) is 7.12. The maximum Gasteiger partial charge on any atom is 0.326 e. The highest BCUT2D eigenvalue weighted by Crippen LogP contribution is 2.29. The van der Waals surface area contributed by atoms with E-state index < -0.39 is 22.8 Å². The van der Waals surface area contributed by atoms with Crippen molar-refractivity contribution in [3.05, 3.63) is 94.0 Å². The molecule has 8 heteroatoms. The van der Waals surface area contributed by atoms with Gasteiger partial charge < -0.3 is 15.2 Å². The predicted octanol–water partition coefficient (Wildman–Crippen LogP) is 3.63. The number of rotatable bonds is 9. The average molecular weight is 434 g/mol. The van der Waals surface area contributed by atoms with Crippen molar-refractivity contribution in [3.63, 3.8) is 0 Å². The number of amides is 1. The maximum absolute atomic E-state index is 12.4. The Morgan fingerprint density at radius 1 is 1.03 bits per heavy atom. The third kappa shape index (κ3) is 5.48. The number of nitrogens with one attached hydrogen (secondary N) is 1. The molecule has 8 nitrogen and oxygen atoms in total. The van der Waals surface area contributed by atoms with Gasteiger partial charge in [0.2, 0.25) is 5.91 Å². The Bertz CT molecular complexity index is 1130. The molecule has 0 saturated carbocycles. The monoisotopic (exact) mass is 434 g/mol. The van der Waals surface area contributed by atoms with Crippen LogP contribution >= 0.6 is 0 Å². The van der Waals surface area contributed by atoms with E-state index >= 15 is 0 Å². The third-order valence-electron chi connectivity index (χ3n) is 4.98. The van der Waals surface area contributed by atoms with Crippen LogP contribution in [0.25, 0.3) is 11.1 Å². The minimum atomic E-state index is -1.19. The van der Waals surface area contributed by atoms with Crippen molar-refractivity contribution >= 4 is 17.6 Å². The highest BCUT2D eigenvalue weighted by atomic mass is 16.6. The van der Waals surface area contributed by atoms with Gasteiger partial charge in [0.1, 0.15) is 11.8 Å². The molecule has 1 atom stereocenters. The number of methoxy groups -OCH3 is 1. The summed E-state index contributed by atoms with van der Waals surface area (Å²) in [7, 11) is 1.59. The van der Waals surface area contributed by atoms with Gasteiger partial charge in [-0.3, -0.25) is 14.9 Å². The first-order valence-corrected chi connectivity index (χ1v) is 9.86. The third-order valence-corrected chi connectivity index (χ3v) is 4.98. The molecule has 0 spiro atoms. The van der Waals surface area contributed by atoms with Crippen LogP contribution < -0.4 is 10.1 Å². The first-order chi connectivity index (χ1) is 15.4. The Kier molecular flexibility index (Phi) is 7.17. The fourth-order valence-corrected chi connectivity index (χ4v) is 3.40. The van der Waals surface area contributed by atoms with Gasteiger partial charge in [-0.15, -0.1) is 0 Å². The number of benzene rings is 3. The molecule has 0 bridgehead atoms. The molecule has 3 aromatic carbocycles. The number of carbonyl (C=O) groups is 2. The van der Waals surface area contributed by atoms with Crippen LogP contribution in [0.4, 0.5) is 5.69 Å². The maximum atomic E-state index is 12.4.